The summed E-state index contributed by atoms with van der Waals surface area (Å²) in [5, 5.41) is 9.51. The second kappa shape index (κ2) is 10.7. The largest absolute Gasteiger partial charge is 0.372 e. The highest BCUT2D eigenvalue weighted by Crippen LogP contribution is 2.31. The fourth-order valence-electron chi connectivity index (χ4n) is 3.79. The van der Waals surface area contributed by atoms with Crippen molar-refractivity contribution in [3.05, 3.63) is 71.5 Å². The molecule has 1 heterocycles. The zero-order chi connectivity index (χ0) is 23.2. The van der Waals surface area contributed by atoms with E-state index in [0.29, 0.717) is 5.69 Å². The minimum absolute atomic E-state index is 0.225. The predicted octanol–water partition coefficient (Wildman–Crippen LogP) is 8.71. The lowest BCUT2D eigenvalue weighted by atomic mass is 10.0. The summed E-state index contributed by atoms with van der Waals surface area (Å²) in [4.78, 5) is 7.01. The summed E-state index contributed by atoms with van der Waals surface area (Å²) < 4.78 is 16.0. The molecule has 0 saturated carbocycles. The van der Waals surface area contributed by atoms with Gasteiger partial charge in [-0.05, 0) is 86.3 Å². The molecule has 1 aromatic heterocycles. The standard InChI is InChI=1S/C27H29FN4S/c1-4-7-8-27-29-25-18-20(10-16-26(25)33-27)19-9-15-24(23(28)17-19)31-30-21-11-13-22(14-12-21)32(5-2)6-3/h9-18H,4-8H2,1-3H3/b31-30+. The van der Waals surface area contributed by atoms with Crippen molar-refractivity contribution < 1.29 is 4.39 Å². The van der Waals surface area contributed by atoms with E-state index < -0.39 is 5.82 Å². The van der Waals surface area contributed by atoms with Gasteiger partial charge in [-0.1, -0.05) is 25.5 Å². The molecule has 0 atom stereocenters. The fraction of sp³-hybridized carbons (Fsp3) is 0.296. The van der Waals surface area contributed by atoms with Gasteiger partial charge in [0.15, 0.2) is 5.82 Å². The van der Waals surface area contributed by atoms with Crippen molar-refractivity contribution in [1.29, 1.82) is 0 Å². The average molecular weight is 461 g/mol. The lowest BCUT2D eigenvalue weighted by Crippen LogP contribution is -2.21. The van der Waals surface area contributed by atoms with Crippen molar-refractivity contribution in [1.82, 2.24) is 4.98 Å². The number of nitrogens with zero attached hydrogens (tertiary/aromatic N) is 4. The molecule has 0 fully saturated rings. The third-order valence-corrected chi connectivity index (χ3v) is 6.80. The predicted molar refractivity (Wildman–Crippen MR) is 138 cm³/mol. The second-order valence-corrected chi connectivity index (χ2v) is 9.06. The Bertz CT molecular complexity index is 1240. The topological polar surface area (TPSA) is 40.9 Å². The lowest BCUT2D eigenvalue weighted by Gasteiger charge is -2.20. The van der Waals surface area contributed by atoms with Gasteiger partial charge in [0, 0.05) is 18.8 Å². The molecular weight excluding hydrogens is 431 g/mol. The van der Waals surface area contributed by atoms with Crippen LogP contribution in [0.2, 0.25) is 0 Å². The molecule has 4 nitrogen and oxygen atoms in total. The molecule has 0 spiro atoms. The number of aryl methyl sites for hydroxylation is 1. The molecule has 0 aliphatic rings. The molecule has 3 aromatic carbocycles. The Labute approximate surface area is 198 Å². The summed E-state index contributed by atoms with van der Waals surface area (Å²) in [7, 11) is 0. The number of thiazole rings is 1. The van der Waals surface area contributed by atoms with Crippen molar-refractivity contribution in [3.8, 4) is 11.1 Å². The first-order chi connectivity index (χ1) is 16.1. The summed E-state index contributed by atoms with van der Waals surface area (Å²) in [6.07, 6.45) is 3.32. The number of rotatable bonds is 9. The highest BCUT2D eigenvalue weighted by Gasteiger charge is 2.09. The van der Waals surface area contributed by atoms with E-state index in [2.05, 4.69) is 42.0 Å². The minimum atomic E-state index is -0.391. The molecular formula is C27H29FN4S. The Hall–Kier alpha value is -3.12. The van der Waals surface area contributed by atoms with E-state index in [9.17, 15) is 4.39 Å². The fourth-order valence-corrected chi connectivity index (χ4v) is 4.78. The van der Waals surface area contributed by atoms with Crippen LogP contribution in [-0.4, -0.2) is 18.1 Å². The van der Waals surface area contributed by atoms with Crippen molar-refractivity contribution in [2.75, 3.05) is 18.0 Å². The molecule has 0 aliphatic carbocycles. The Morgan fingerprint density at radius 1 is 0.879 bits per heavy atom. The van der Waals surface area contributed by atoms with E-state index in [0.717, 1.165) is 59.7 Å². The number of benzene rings is 3. The van der Waals surface area contributed by atoms with Crippen LogP contribution in [0.5, 0.6) is 0 Å². The summed E-state index contributed by atoms with van der Waals surface area (Å²) in [5.74, 6) is -0.391. The molecule has 0 saturated heterocycles. The van der Waals surface area contributed by atoms with Crippen LogP contribution in [0.25, 0.3) is 21.3 Å². The number of hydrogen-bond donors (Lipinski definition) is 0. The van der Waals surface area contributed by atoms with Gasteiger partial charge in [-0.15, -0.1) is 16.5 Å². The Balaban J connectivity index is 1.51. The monoisotopic (exact) mass is 460 g/mol. The van der Waals surface area contributed by atoms with Crippen LogP contribution in [0, 0.1) is 5.82 Å². The van der Waals surface area contributed by atoms with Crippen molar-refractivity contribution in [2.45, 2.75) is 40.0 Å². The minimum Gasteiger partial charge on any atom is -0.372 e. The van der Waals surface area contributed by atoms with E-state index in [-0.39, 0.29) is 5.69 Å². The Kier molecular flexibility index (Phi) is 7.45. The highest BCUT2D eigenvalue weighted by atomic mass is 32.1. The maximum atomic E-state index is 14.8. The molecule has 0 radical (unpaired) electrons. The van der Waals surface area contributed by atoms with Gasteiger partial charge in [-0.2, -0.15) is 5.11 Å². The first-order valence-electron chi connectivity index (χ1n) is 11.6. The summed E-state index contributed by atoms with van der Waals surface area (Å²) in [5.41, 5.74) is 4.79. The number of aromatic nitrogens is 1. The maximum absolute atomic E-state index is 14.8. The Morgan fingerprint density at radius 3 is 2.30 bits per heavy atom. The van der Waals surface area contributed by atoms with Crippen LogP contribution < -0.4 is 4.90 Å². The number of anilines is 1. The quantitative estimate of drug-likeness (QED) is 0.234. The van der Waals surface area contributed by atoms with Crippen LogP contribution in [0.4, 0.5) is 21.5 Å². The van der Waals surface area contributed by atoms with Crippen LogP contribution in [-0.2, 0) is 6.42 Å². The number of unbranched alkanes of at least 4 members (excludes halogenated alkanes) is 1. The summed E-state index contributed by atoms with van der Waals surface area (Å²) in [6, 6.07) is 19.1. The van der Waals surface area contributed by atoms with Crippen molar-refractivity contribution in [3.63, 3.8) is 0 Å². The SMILES string of the molecule is CCCCc1nc2cc(-c3ccc(/N=N/c4ccc(N(CC)CC)cc4)c(F)c3)ccc2s1. The summed E-state index contributed by atoms with van der Waals surface area (Å²) >= 11 is 1.74. The van der Waals surface area contributed by atoms with E-state index in [1.54, 1.807) is 17.4 Å². The molecule has 0 bridgehead atoms. The number of halogens is 1. The normalized spacial score (nSPS) is 11.5. The molecule has 0 N–H and O–H groups in total. The third-order valence-electron chi connectivity index (χ3n) is 5.71. The number of azo groups is 1. The highest BCUT2D eigenvalue weighted by molar-refractivity contribution is 7.18. The smallest absolute Gasteiger partial charge is 0.151 e. The van der Waals surface area contributed by atoms with Gasteiger partial charge >= 0.3 is 0 Å². The van der Waals surface area contributed by atoms with Gasteiger partial charge < -0.3 is 4.90 Å². The maximum Gasteiger partial charge on any atom is 0.151 e. The Morgan fingerprint density at radius 2 is 1.61 bits per heavy atom. The van der Waals surface area contributed by atoms with E-state index in [4.69, 9.17) is 4.98 Å². The van der Waals surface area contributed by atoms with Gasteiger partial charge in [0.25, 0.3) is 0 Å². The average Bonchev–Trinajstić information content (AvgIpc) is 3.25. The zero-order valence-electron chi connectivity index (χ0n) is 19.4. The first-order valence-corrected chi connectivity index (χ1v) is 12.4. The molecule has 4 rings (SSSR count). The molecule has 6 heteroatoms. The van der Waals surface area contributed by atoms with Crippen molar-refractivity contribution >= 4 is 38.6 Å². The number of hydrogen-bond acceptors (Lipinski definition) is 5. The molecule has 170 valence electrons. The van der Waals surface area contributed by atoms with E-state index in [1.807, 2.05) is 42.5 Å². The first kappa shape index (κ1) is 23.1. The van der Waals surface area contributed by atoms with Crippen molar-refractivity contribution in [2.24, 2.45) is 10.2 Å². The molecule has 0 amide bonds. The van der Waals surface area contributed by atoms with E-state index >= 15 is 0 Å². The molecule has 0 aliphatic heterocycles. The third kappa shape index (κ3) is 5.45. The van der Waals surface area contributed by atoms with Crippen LogP contribution in [0.1, 0.15) is 38.6 Å². The van der Waals surface area contributed by atoms with Crippen LogP contribution >= 0.6 is 11.3 Å². The van der Waals surface area contributed by atoms with Gasteiger partial charge in [0.05, 0.1) is 20.9 Å². The lowest BCUT2D eigenvalue weighted by molar-refractivity contribution is 0.629. The second-order valence-electron chi connectivity index (χ2n) is 7.95. The van der Waals surface area contributed by atoms with Gasteiger partial charge in [-0.25, -0.2) is 9.37 Å². The van der Waals surface area contributed by atoms with Gasteiger partial charge in [-0.3, -0.25) is 0 Å². The molecule has 4 aromatic rings. The van der Waals surface area contributed by atoms with E-state index in [1.165, 1.54) is 10.8 Å². The van der Waals surface area contributed by atoms with Gasteiger partial charge in [0.2, 0.25) is 0 Å². The number of fused-ring (bicyclic) bond motifs is 1. The van der Waals surface area contributed by atoms with Gasteiger partial charge in [0.1, 0.15) is 5.69 Å². The van der Waals surface area contributed by atoms with Crippen LogP contribution in [0.15, 0.2) is 70.9 Å². The zero-order valence-corrected chi connectivity index (χ0v) is 20.2. The molecule has 33 heavy (non-hydrogen) atoms. The summed E-state index contributed by atoms with van der Waals surface area (Å²) in [6.45, 7) is 8.34. The molecule has 0 unspecified atom stereocenters. The van der Waals surface area contributed by atoms with Crippen LogP contribution in [0.3, 0.4) is 0 Å².